The van der Waals surface area contributed by atoms with Crippen molar-refractivity contribution >= 4 is 11.8 Å². The van der Waals surface area contributed by atoms with Gasteiger partial charge in [0.2, 0.25) is 6.29 Å². The molecule has 1 N–H and O–H groups in total. The van der Waals surface area contributed by atoms with Crippen molar-refractivity contribution in [1.29, 1.82) is 0 Å². The average Bonchev–Trinajstić information content (AvgIpc) is 2.65. The Labute approximate surface area is 104 Å². The Balaban J connectivity index is 2.00. The van der Waals surface area contributed by atoms with Gasteiger partial charge >= 0.3 is 5.97 Å². The van der Waals surface area contributed by atoms with E-state index in [9.17, 15) is 14.7 Å². The maximum absolute atomic E-state index is 11.5. The SMILES string of the molecule is CC(=O)CCC(=O)OC1OC(O)c2ccccc21. The number of carbonyl (C=O) groups is 2. The maximum Gasteiger partial charge on any atom is 0.308 e. The van der Waals surface area contributed by atoms with Gasteiger partial charge in [-0.1, -0.05) is 24.3 Å². The lowest BCUT2D eigenvalue weighted by Gasteiger charge is -2.12. The summed E-state index contributed by atoms with van der Waals surface area (Å²) < 4.78 is 10.2. The van der Waals surface area contributed by atoms with Gasteiger partial charge in [0.1, 0.15) is 5.78 Å². The molecular weight excluding hydrogens is 236 g/mol. The third kappa shape index (κ3) is 2.75. The standard InChI is InChI=1S/C13H14O5/c1-8(14)6-7-11(15)17-13-10-5-3-2-4-9(10)12(16)18-13/h2-5,12-13,16H,6-7H2,1H3. The van der Waals surface area contributed by atoms with Gasteiger partial charge in [0, 0.05) is 17.5 Å². The molecule has 1 aromatic carbocycles. The lowest BCUT2D eigenvalue weighted by atomic mass is 10.1. The number of ether oxygens (including phenoxy) is 2. The fourth-order valence-corrected chi connectivity index (χ4v) is 1.76. The predicted molar refractivity (Wildman–Crippen MR) is 61.2 cm³/mol. The monoisotopic (exact) mass is 250 g/mol. The Bertz CT molecular complexity index is 468. The van der Waals surface area contributed by atoms with Crippen molar-refractivity contribution < 1.29 is 24.2 Å². The molecule has 5 nitrogen and oxygen atoms in total. The summed E-state index contributed by atoms with van der Waals surface area (Å²) in [6.07, 6.45) is -1.80. The van der Waals surface area contributed by atoms with Crippen molar-refractivity contribution in [2.45, 2.75) is 32.3 Å². The van der Waals surface area contributed by atoms with Crippen LogP contribution in [0.5, 0.6) is 0 Å². The van der Waals surface area contributed by atoms with E-state index in [1.54, 1.807) is 24.3 Å². The van der Waals surface area contributed by atoms with Crippen LogP contribution in [0.3, 0.4) is 0 Å². The van der Waals surface area contributed by atoms with E-state index in [1.807, 2.05) is 0 Å². The molecule has 2 atom stereocenters. The van der Waals surface area contributed by atoms with Gasteiger partial charge in [-0.3, -0.25) is 4.79 Å². The molecular formula is C13H14O5. The number of Topliss-reactive ketones (excluding diaryl/α,β-unsaturated/α-hetero) is 1. The highest BCUT2D eigenvalue weighted by molar-refractivity contribution is 5.81. The van der Waals surface area contributed by atoms with Gasteiger partial charge in [-0.25, -0.2) is 0 Å². The topological polar surface area (TPSA) is 72.8 Å². The number of carbonyl (C=O) groups excluding carboxylic acids is 2. The summed E-state index contributed by atoms with van der Waals surface area (Å²) in [7, 11) is 0. The normalized spacial score (nSPS) is 21.4. The molecule has 0 aromatic heterocycles. The van der Waals surface area contributed by atoms with E-state index in [0.717, 1.165) is 0 Å². The Morgan fingerprint density at radius 2 is 1.94 bits per heavy atom. The summed E-state index contributed by atoms with van der Waals surface area (Å²) in [6, 6.07) is 6.99. The van der Waals surface area contributed by atoms with Crippen LogP contribution >= 0.6 is 0 Å². The number of aliphatic hydroxyl groups is 1. The lowest BCUT2D eigenvalue weighted by molar-refractivity contribution is -0.217. The molecule has 0 fully saturated rings. The molecule has 2 unspecified atom stereocenters. The smallest absolute Gasteiger partial charge is 0.308 e. The van der Waals surface area contributed by atoms with Gasteiger partial charge in [0.25, 0.3) is 0 Å². The molecule has 0 bridgehead atoms. The summed E-state index contributed by atoms with van der Waals surface area (Å²) in [4.78, 5) is 22.2. The first kappa shape index (κ1) is 12.7. The van der Waals surface area contributed by atoms with Gasteiger partial charge in [0.15, 0.2) is 6.29 Å². The molecule has 0 saturated carbocycles. The zero-order chi connectivity index (χ0) is 13.1. The van der Waals surface area contributed by atoms with Crippen LogP contribution in [0.15, 0.2) is 24.3 Å². The highest BCUT2D eigenvalue weighted by atomic mass is 16.7. The van der Waals surface area contributed by atoms with Crippen LogP contribution in [-0.2, 0) is 19.1 Å². The number of hydrogen-bond donors (Lipinski definition) is 1. The van der Waals surface area contributed by atoms with E-state index in [4.69, 9.17) is 9.47 Å². The molecule has 1 aromatic rings. The molecule has 1 heterocycles. The first-order valence-electron chi connectivity index (χ1n) is 5.69. The minimum absolute atomic E-state index is 0.0213. The van der Waals surface area contributed by atoms with E-state index in [0.29, 0.717) is 11.1 Å². The first-order chi connectivity index (χ1) is 8.58. The molecule has 0 spiro atoms. The zero-order valence-corrected chi connectivity index (χ0v) is 9.96. The molecule has 1 aliphatic rings. The second kappa shape index (κ2) is 5.29. The van der Waals surface area contributed by atoms with Crippen molar-refractivity contribution in [3.8, 4) is 0 Å². The van der Waals surface area contributed by atoms with Gasteiger partial charge in [-0.2, -0.15) is 0 Å². The summed E-state index contributed by atoms with van der Waals surface area (Å²) in [5, 5.41) is 9.62. The first-order valence-corrected chi connectivity index (χ1v) is 5.69. The maximum atomic E-state index is 11.5. The number of hydrogen-bond acceptors (Lipinski definition) is 5. The number of esters is 1. The molecule has 5 heteroatoms. The van der Waals surface area contributed by atoms with E-state index >= 15 is 0 Å². The molecule has 2 rings (SSSR count). The van der Waals surface area contributed by atoms with Crippen LogP contribution in [-0.4, -0.2) is 16.9 Å². The predicted octanol–water partition coefficient (Wildman–Crippen LogP) is 1.62. The summed E-state index contributed by atoms with van der Waals surface area (Å²) in [5.41, 5.74) is 1.24. The van der Waals surface area contributed by atoms with E-state index in [2.05, 4.69) is 0 Å². The Hall–Kier alpha value is -1.72. The summed E-state index contributed by atoms with van der Waals surface area (Å²) in [6.45, 7) is 1.42. The second-order valence-corrected chi connectivity index (χ2v) is 4.14. The van der Waals surface area contributed by atoms with E-state index in [1.165, 1.54) is 6.92 Å². The van der Waals surface area contributed by atoms with Gasteiger partial charge in [0.05, 0.1) is 6.42 Å². The van der Waals surface area contributed by atoms with Gasteiger partial charge < -0.3 is 19.4 Å². The second-order valence-electron chi connectivity index (χ2n) is 4.14. The third-order valence-corrected chi connectivity index (χ3v) is 2.69. The molecule has 1 aliphatic heterocycles. The summed E-state index contributed by atoms with van der Waals surface area (Å²) >= 11 is 0. The zero-order valence-electron chi connectivity index (χ0n) is 9.96. The number of rotatable bonds is 4. The minimum Gasteiger partial charge on any atom is -0.431 e. The number of benzene rings is 1. The molecule has 18 heavy (non-hydrogen) atoms. The third-order valence-electron chi connectivity index (χ3n) is 2.69. The Morgan fingerprint density at radius 3 is 2.61 bits per heavy atom. The van der Waals surface area contributed by atoms with E-state index < -0.39 is 18.5 Å². The van der Waals surface area contributed by atoms with Crippen molar-refractivity contribution in [2.75, 3.05) is 0 Å². The van der Waals surface area contributed by atoms with Crippen LogP contribution in [0, 0.1) is 0 Å². The van der Waals surface area contributed by atoms with Crippen LogP contribution in [0.2, 0.25) is 0 Å². The molecule has 0 radical (unpaired) electrons. The van der Waals surface area contributed by atoms with Crippen molar-refractivity contribution in [1.82, 2.24) is 0 Å². The quantitative estimate of drug-likeness (QED) is 0.822. The van der Waals surface area contributed by atoms with Gasteiger partial charge in [-0.15, -0.1) is 0 Å². The highest BCUT2D eigenvalue weighted by Gasteiger charge is 2.32. The van der Waals surface area contributed by atoms with E-state index in [-0.39, 0.29) is 18.6 Å². The Morgan fingerprint density at radius 1 is 1.28 bits per heavy atom. The lowest BCUT2D eigenvalue weighted by Crippen LogP contribution is -2.12. The summed E-state index contributed by atoms with van der Waals surface area (Å²) in [5.74, 6) is -0.584. The van der Waals surface area contributed by atoms with Crippen LogP contribution in [0.25, 0.3) is 0 Å². The average molecular weight is 250 g/mol. The van der Waals surface area contributed by atoms with Crippen molar-refractivity contribution in [3.05, 3.63) is 35.4 Å². The Kier molecular flexibility index (Phi) is 3.74. The van der Waals surface area contributed by atoms with Crippen molar-refractivity contribution in [3.63, 3.8) is 0 Å². The molecule has 96 valence electrons. The number of fused-ring (bicyclic) bond motifs is 1. The molecule has 0 aliphatic carbocycles. The fourth-order valence-electron chi connectivity index (χ4n) is 1.76. The minimum atomic E-state index is -1.08. The van der Waals surface area contributed by atoms with Crippen LogP contribution in [0.4, 0.5) is 0 Å². The molecule has 0 amide bonds. The largest absolute Gasteiger partial charge is 0.431 e. The number of ketones is 1. The van der Waals surface area contributed by atoms with Gasteiger partial charge in [-0.05, 0) is 6.92 Å². The van der Waals surface area contributed by atoms with Crippen LogP contribution < -0.4 is 0 Å². The van der Waals surface area contributed by atoms with Crippen LogP contribution in [0.1, 0.15) is 43.5 Å². The number of aliphatic hydroxyl groups excluding tert-OH is 1. The fraction of sp³-hybridized carbons (Fsp3) is 0.385. The van der Waals surface area contributed by atoms with Crippen molar-refractivity contribution in [2.24, 2.45) is 0 Å². The highest BCUT2D eigenvalue weighted by Crippen LogP contribution is 2.38. The molecule has 0 saturated heterocycles.